The van der Waals surface area contributed by atoms with Crippen molar-refractivity contribution in [3.05, 3.63) is 59.0 Å². The zero-order valence-corrected chi connectivity index (χ0v) is 18.9. The first-order chi connectivity index (χ1) is 14.9. The van der Waals surface area contributed by atoms with Gasteiger partial charge in [0.15, 0.2) is 0 Å². The fourth-order valence-corrected chi connectivity index (χ4v) is 5.09. The summed E-state index contributed by atoms with van der Waals surface area (Å²) in [4.78, 5) is 33.2. The number of rotatable bonds is 6. The molecule has 2 aromatic heterocycles. The summed E-state index contributed by atoms with van der Waals surface area (Å²) in [6, 6.07) is 12.5. The lowest BCUT2D eigenvalue weighted by Crippen LogP contribution is -2.44. The van der Waals surface area contributed by atoms with Gasteiger partial charge in [0.1, 0.15) is 18.2 Å². The third-order valence-corrected chi connectivity index (χ3v) is 6.86. The fourth-order valence-electron chi connectivity index (χ4n) is 4.37. The van der Waals surface area contributed by atoms with Gasteiger partial charge >= 0.3 is 0 Å². The maximum absolute atomic E-state index is 13.0. The molecule has 8 heteroatoms. The molecule has 0 saturated carbocycles. The molecule has 3 heterocycles. The van der Waals surface area contributed by atoms with E-state index in [4.69, 9.17) is 0 Å². The van der Waals surface area contributed by atoms with E-state index < -0.39 is 5.41 Å². The first-order valence-electron chi connectivity index (χ1n) is 10.4. The van der Waals surface area contributed by atoms with Gasteiger partial charge in [-0.25, -0.2) is 9.67 Å². The molecule has 2 amide bonds. The Morgan fingerprint density at radius 2 is 2.06 bits per heavy atom. The standard InChI is InChI=1S/C23H27N5O2S/c1-16-25-17(2)28(26-16)14-21(29)27-10-9-23(15-27,22(30)24-3)13-18-6-4-7-19(12-18)20-8-5-11-31-20/h4-8,11-12H,9-10,13-15H2,1-3H3,(H,24,30)/t23-/m0/s1. The van der Waals surface area contributed by atoms with Gasteiger partial charge in [-0.2, -0.15) is 5.10 Å². The molecule has 1 aromatic carbocycles. The second-order valence-corrected chi connectivity index (χ2v) is 9.09. The van der Waals surface area contributed by atoms with Crippen molar-refractivity contribution >= 4 is 23.2 Å². The van der Waals surface area contributed by atoms with Crippen LogP contribution in [-0.2, 0) is 22.6 Å². The highest BCUT2D eigenvalue weighted by Crippen LogP contribution is 2.36. The van der Waals surface area contributed by atoms with Crippen LogP contribution >= 0.6 is 11.3 Å². The van der Waals surface area contributed by atoms with Crippen molar-refractivity contribution in [2.24, 2.45) is 5.41 Å². The molecular formula is C23H27N5O2S. The summed E-state index contributed by atoms with van der Waals surface area (Å²) in [7, 11) is 1.66. The highest BCUT2D eigenvalue weighted by molar-refractivity contribution is 7.13. The van der Waals surface area contributed by atoms with Gasteiger partial charge in [0.05, 0.1) is 5.41 Å². The Bertz CT molecular complexity index is 1090. The Kier molecular flexibility index (Phi) is 5.91. The van der Waals surface area contributed by atoms with Crippen molar-refractivity contribution in [1.82, 2.24) is 25.0 Å². The van der Waals surface area contributed by atoms with E-state index in [0.29, 0.717) is 37.6 Å². The van der Waals surface area contributed by atoms with E-state index in [1.807, 2.05) is 26.0 Å². The van der Waals surface area contributed by atoms with Gasteiger partial charge in [0.25, 0.3) is 0 Å². The number of nitrogens with one attached hydrogen (secondary N) is 1. The monoisotopic (exact) mass is 437 g/mol. The van der Waals surface area contributed by atoms with Crippen LogP contribution in [0.2, 0.25) is 0 Å². The number of nitrogens with zero attached hydrogens (tertiary/aromatic N) is 4. The molecule has 1 saturated heterocycles. The van der Waals surface area contributed by atoms with Gasteiger partial charge in [0, 0.05) is 25.0 Å². The molecule has 31 heavy (non-hydrogen) atoms. The smallest absolute Gasteiger partial charge is 0.244 e. The van der Waals surface area contributed by atoms with Crippen molar-refractivity contribution in [3.63, 3.8) is 0 Å². The second-order valence-electron chi connectivity index (χ2n) is 8.14. The molecule has 0 bridgehead atoms. The van der Waals surface area contributed by atoms with Crippen molar-refractivity contribution in [2.75, 3.05) is 20.1 Å². The first kappa shape index (κ1) is 21.2. The third-order valence-electron chi connectivity index (χ3n) is 5.94. The van der Waals surface area contributed by atoms with Crippen molar-refractivity contribution in [3.8, 4) is 10.4 Å². The quantitative estimate of drug-likeness (QED) is 0.643. The Hall–Kier alpha value is -3.00. The van der Waals surface area contributed by atoms with Gasteiger partial charge in [-0.05, 0) is 49.3 Å². The summed E-state index contributed by atoms with van der Waals surface area (Å²) in [6.45, 7) is 4.76. The van der Waals surface area contributed by atoms with Gasteiger partial charge in [-0.3, -0.25) is 9.59 Å². The van der Waals surface area contributed by atoms with Crippen LogP contribution in [0.25, 0.3) is 10.4 Å². The number of benzene rings is 1. The first-order valence-corrected chi connectivity index (χ1v) is 11.3. The lowest BCUT2D eigenvalue weighted by molar-refractivity contribution is -0.133. The lowest BCUT2D eigenvalue weighted by atomic mass is 9.79. The molecular weight excluding hydrogens is 410 g/mol. The van der Waals surface area contributed by atoms with E-state index >= 15 is 0 Å². The third kappa shape index (κ3) is 4.39. The van der Waals surface area contributed by atoms with Crippen LogP contribution in [-0.4, -0.2) is 51.6 Å². The number of carbonyl (C=O) groups is 2. The average Bonchev–Trinajstić information content (AvgIpc) is 3.49. The van der Waals surface area contributed by atoms with Gasteiger partial charge < -0.3 is 10.2 Å². The molecule has 162 valence electrons. The van der Waals surface area contributed by atoms with Crippen LogP contribution in [0, 0.1) is 19.3 Å². The number of likely N-dealkylation sites (tertiary alicyclic amines) is 1. The van der Waals surface area contributed by atoms with Gasteiger partial charge in [-0.15, -0.1) is 11.3 Å². The SMILES string of the molecule is CNC(=O)[C@]1(Cc2cccc(-c3cccs3)c2)CCN(C(=O)Cn2nc(C)nc2C)C1. The Morgan fingerprint density at radius 3 is 2.74 bits per heavy atom. The van der Waals surface area contributed by atoms with E-state index in [1.165, 1.54) is 4.88 Å². The van der Waals surface area contributed by atoms with Crippen LogP contribution in [0.3, 0.4) is 0 Å². The number of carbonyl (C=O) groups excluding carboxylic acids is 2. The summed E-state index contributed by atoms with van der Waals surface area (Å²) >= 11 is 1.70. The van der Waals surface area contributed by atoms with Crippen LogP contribution in [0.1, 0.15) is 23.6 Å². The average molecular weight is 438 g/mol. The minimum Gasteiger partial charge on any atom is -0.359 e. The molecule has 4 rings (SSSR count). The highest BCUT2D eigenvalue weighted by atomic mass is 32.1. The maximum atomic E-state index is 13.0. The minimum atomic E-state index is -0.633. The summed E-state index contributed by atoms with van der Waals surface area (Å²) in [5.74, 6) is 1.31. The van der Waals surface area contributed by atoms with E-state index in [2.05, 4.69) is 45.0 Å². The normalized spacial score (nSPS) is 18.4. The Labute approximate surface area is 186 Å². The van der Waals surface area contributed by atoms with E-state index in [9.17, 15) is 9.59 Å². The number of aryl methyl sites for hydroxylation is 2. The van der Waals surface area contributed by atoms with Crippen LogP contribution in [0.15, 0.2) is 41.8 Å². The molecule has 1 atom stereocenters. The number of thiophene rings is 1. The molecule has 0 radical (unpaired) electrons. The van der Waals surface area contributed by atoms with E-state index in [0.717, 1.165) is 11.1 Å². The molecule has 0 unspecified atom stereocenters. The number of hydrogen-bond acceptors (Lipinski definition) is 5. The van der Waals surface area contributed by atoms with E-state index in [1.54, 1.807) is 28.0 Å². The molecule has 7 nitrogen and oxygen atoms in total. The van der Waals surface area contributed by atoms with E-state index in [-0.39, 0.29) is 18.4 Å². The zero-order valence-electron chi connectivity index (χ0n) is 18.1. The summed E-state index contributed by atoms with van der Waals surface area (Å²) < 4.78 is 1.63. The van der Waals surface area contributed by atoms with Gasteiger partial charge in [-0.1, -0.05) is 30.3 Å². The second kappa shape index (κ2) is 8.63. The molecule has 0 aliphatic carbocycles. The Morgan fingerprint density at radius 1 is 1.23 bits per heavy atom. The van der Waals surface area contributed by atoms with Crippen LogP contribution < -0.4 is 5.32 Å². The topological polar surface area (TPSA) is 80.1 Å². The van der Waals surface area contributed by atoms with Crippen molar-refractivity contribution < 1.29 is 9.59 Å². The largest absolute Gasteiger partial charge is 0.359 e. The molecule has 1 aliphatic rings. The predicted molar refractivity (Wildman–Crippen MR) is 121 cm³/mol. The molecule has 1 N–H and O–H groups in total. The molecule has 0 spiro atoms. The number of aromatic nitrogens is 3. The lowest BCUT2D eigenvalue weighted by Gasteiger charge is -2.28. The summed E-state index contributed by atoms with van der Waals surface area (Å²) in [6.07, 6.45) is 1.23. The van der Waals surface area contributed by atoms with Crippen molar-refractivity contribution in [1.29, 1.82) is 0 Å². The highest BCUT2D eigenvalue weighted by Gasteiger charge is 2.45. The molecule has 3 aromatic rings. The fraction of sp³-hybridized carbons (Fsp3) is 0.391. The number of amides is 2. The Balaban J connectivity index is 1.53. The number of hydrogen-bond donors (Lipinski definition) is 1. The zero-order chi connectivity index (χ0) is 22.0. The molecule has 1 aliphatic heterocycles. The van der Waals surface area contributed by atoms with Crippen LogP contribution in [0.5, 0.6) is 0 Å². The predicted octanol–water partition coefficient (Wildman–Crippen LogP) is 2.83. The van der Waals surface area contributed by atoms with Gasteiger partial charge in [0.2, 0.25) is 11.8 Å². The summed E-state index contributed by atoms with van der Waals surface area (Å²) in [5.41, 5.74) is 1.63. The summed E-state index contributed by atoms with van der Waals surface area (Å²) in [5, 5.41) is 9.18. The molecule has 1 fully saturated rings. The van der Waals surface area contributed by atoms with Crippen molar-refractivity contribution in [2.45, 2.75) is 33.2 Å². The van der Waals surface area contributed by atoms with Crippen LogP contribution in [0.4, 0.5) is 0 Å². The maximum Gasteiger partial charge on any atom is 0.244 e. The minimum absolute atomic E-state index is 0.0166.